The second kappa shape index (κ2) is 4.56. The van der Waals surface area contributed by atoms with E-state index in [0.29, 0.717) is 22.1 Å². The molecular formula is C11H10N2O5S. The highest BCUT2D eigenvalue weighted by molar-refractivity contribution is 7.84. The van der Waals surface area contributed by atoms with Crippen LogP contribution in [0.2, 0.25) is 0 Å². The minimum Gasteiger partial charge on any atom is -0.423 e. The van der Waals surface area contributed by atoms with Gasteiger partial charge in [-0.2, -0.15) is 8.42 Å². The highest BCUT2D eigenvalue weighted by atomic mass is 32.2. The summed E-state index contributed by atoms with van der Waals surface area (Å²) in [5, 5.41) is 4.08. The van der Waals surface area contributed by atoms with Crippen LogP contribution in [0, 0.1) is 13.8 Å². The van der Waals surface area contributed by atoms with E-state index in [4.69, 9.17) is 8.97 Å². The number of hydrogen-bond donors (Lipinski definition) is 1. The Bertz CT molecular complexity index is 836. The van der Waals surface area contributed by atoms with Crippen molar-refractivity contribution in [2.45, 2.75) is 13.8 Å². The van der Waals surface area contributed by atoms with Gasteiger partial charge in [-0.05, 0) is 41.6 Å². The zero-order valence-electron chi connectivity index (χ0n) is 10.1. The van der Waals surface area contributed by atoms with Crippen LogP contribution < -0.4 is 5.63 Å². The number of nitrogens with zero attached hydrogens (tertiary/aromatic N) is 2. The van der Waals surface area contributed by atoms with Crippen LogP contribution in [-0.4, -0.2) is 13.0 Å². The van der Waals surface area contributed by atoms with E-state index in [1.54, 1.807) is 19.9 Å². The summed E-state index contributed by atoms with van der Waals surface area (Å²) in [5.74, 6) is 0. The summed E-state index contributed by atoms with van der Waals surface area (Å²) in [7, 11) is -4.52. The molecule has 0 radical (unpaired) electrons. The molecule has 1 heterocycles. The van der Waals surface area contributed by atoms with Crippen molar-refractivity contribution in [3.8, 4) is 0 Å². The van der Waals surface area contributed by atoms with Crippen molar-refractivity contribution in [2.24, 2.45) is 9.63 Å². The maximum absolute atomic E-state index is 11.2. The number of fused-ring (bicyclic) bond motifs is 1. The van der Waals surface area contributed by atoms with Crippen LogP contribution in [0.25, 0.3) is 11.0 Å². The molecule has 0 spiro atoms. The molecule has 1 aromatic carbocycles. The summed E-state index contributed by atoms with van der Waals surface area (Å²) in [6.45, 7) is 3.37. The quantitative estimate of drug-likeness (QED) is 0.516. The van der Waals surface area contributed by atoms with Crippen molar-refractivity contribution in [1.29, 1.82) is 0 Å². The molecule has 0 aliphatic heterocycles. The van der Waals surface area contributed by atoms with Gasteiger partial charge in [-0.3, -0.25) is 4.55 Å². The number of aryl methyl sites for hydroxylation is 2. The predicted molar refractivity (Wildman–Crippen MR) is 68.0 cm³/mol. The molecule has 0 aliphatic rings. The van der Waals surface area contributed by atoms with Crippen molar-refractivity contribution < 1.29 is 17.4 Å². The van der Waals surface area contributed by atoms with E-state index in [1.165, 1.54) is 12.1 Å². The second-order valence-corrected chi connectivity index (χ2v) is 5.07. The lowest BCUT2D eigenvalue weighted by Crippen LogP contribution is -1.98. The third-order valence-electron chi connectivity index (χ3n) is 2.52. The standard InChI is InChI=1S/C11H10N2O5S/c1-6-4-11(14)18-10-3-7(2)9(5-8(6)10)12-13-19(15,16)17/h3-5H,1-2H3,(H,15,16,17). The molecule has 0 aliphatic carbocycles. The lowest BCUT2D eigenvalue weighted by Gasteiger charge is -2.04. The summed E-state index contributed by atoms with van der Waals surface area (Å²) in [5.41, 5.74) is 1.43. The Balaban J connectivity index is 2.68. The molecular weight excluding hydrogens is 272 g/mol. The van der Waals surface area contributed by atoms with E-state index in [2.05, 4.69) is 9.63 Å². The Kier molecular flexibility index (Phi) is 3.21. The predicted octanol–water partition coefficient (Wildman–Crippen LogP) is 2.30. The fourth-order valence-electron chi connectivity index (χ4n) is 1.66. The molecule has 7 nitrogen and oxygen atoms in total. The topological polar surface area (TPSA) is 109 Å². The van der Waals surface area contributed by atoms with E-state index in [1.807, 2.05) is 0 Å². The molecule has 0 saturated heterocycles. The molecule has 19 heavy (non-hydrogen) atoms. The van der Waals surface area contributed by atoms with Crippen LogP contribution >= 0.6 is 0 Å². The highest BCUT2D eigenvalue weighted by Crippen LogP contribution is 2.27. The van der Waals surface area contributed by atoms with E-state index in [0.717, 1.165) is 0 Å². The molecule has 0 amide bonds. The van der Waals surface area contributed by atoms with Gasteiger partial charge < -0.3 is 4.42 Å². The van der Waals surface area contributed by atoms with Crippen LogP contribution in [0.5, 0.6) is 0 Å². The molecule has 0 saturated carbocycles. The lowest BCUT2D eigenvalue weighted by molar-refractivity contribution is 0.482. The van der Waals surface area contributed by atoms with Crippen LogP contribution in [0.15, 0.2) is 37.0 Å². The molecule has 0 fully saturated rings. The van der Waals surface area contributed by atoms with Gasteiger partial charge in [0.25, 0.3) is 0 Å². The molecule has 0 bridgehead atoms. The van der Waals surface area contributed by atoms with E-state index in [-0.39, 0.29) is 5.69 Å². The van der Waals surface area contributed by atoms with Gasteiger partial charge in [0.2, 0.25) is 0 Å². The fourth-order valence-corrected chi connectivity index (χ4v) is 1.85. The van der Waals surface area contributed by atoms with Gasteiger partial charge in [-0.15, -0.1) is 5.11 Å². The summed E-state index contributed by atoms with van der Waals surface area (Å²) in [6.07, 6.45) is 0. The first-order valence-corrected chi connectivity index (χ1v) is 6.61. The Morgan fingerprint density at radius 2 is 1.84 bits per heavy atom. The Morgan fingerprint density at radius 3 is 2.47 bits per heavy atom. The first-order valence-electron chi connectivity index (χ1n) is 5.22. The average molecular weight is 282 g/mol. The summed E-state index contributed by atoms with van der Waals surface area (Å²) in [6, 6.07) is 4.42. The van der Waals surface area contributed by atoms with Gasteiger partial charge in [0.15, 0.2) is 0 Å². The Labute approximate surface area is 108 Å². The molecule has 100 valence electrons. The second-order valence-electron chi connectivity index (χ2n) is 4.01. The molecule has 2 rings (SSSR count). The molecule has 0 atom stereocenters. The van der Waals surface area contributed by atoms with Crippen molar-refractivity contribution in [1.82, 2.24) is 0 Å². The van der Waals surface area contributed by atoms with E-state index >= 15 is 0 Å². The van der Waals surface area contributed by atoms with Crippen molar-refractivity contribution in [3.63, 3.8) is 0 Å². The van der Waals surface area contributed by atoms with Crippen molar-refractivity contribution in [2.75, 3.05) is 0 Å². The Morgan fingerprint density at radius 1 is 1.16 bits per heavy atom. The SMILES string of the molecule is Cc1cc2oc(=O)cc(C)c2cc1N=NS(=O)(=O)O. The minimum atomic E-state index is -4.52. The summed E-state index contributed by atoms with van der Waals surface area (Å²) in [4.78, 5) is 11.2. The van der Waals surface area contributed by atoms with Crippen LogP contribution in [0.1, 0.15) is 11.1 Å². The van der Waals surface area contributed by atoms with Gasteiger partial charge in [-0.25, -0.2) is 4.79 Å². The van der Waals surface area contributed by atoms with Gasteiger partial charge >= 0.3 is 15.9 Å². The molecule has 8 heteroatoms. The zero-order chi connectivity index (χ0) is 14.2. The average Bonchev–Trinajstić information content (AvgIpc) is 2.25. The van der Waals surface area contributed by atoms with Crippen molar-refractivity contribution >= 4 is 27.0 Å². The minimum absolute atomic E-state index is 0.266. The number of rotatable bonds is 2. The van der Waals surface area contributed by atoms with E-state index in [9.17, 15) is 13.2 Å². The molecule has 0 unspecified atom stereocenters. The van der Waals surface area contributed by atoms with Crippen LogP contribution in [0.4, 0.5) is 5.69 Å². The van der Waals surface area contributed by atoms with Crippen LogP contribution in [0.3, 0.4) is 0 Å². The Hall–Kier alpha value is -2.06. The largest absolute Gasteiger partial charge is 0.423 e. The lowest BCUT2D eigenvalue weighted by atomic mass is 10.1. The maximum Gasteiger partial charge on any atom is 0.396 e. The third-order valence-corrected chi connectivity index (χ3v) is 2.81. The summed E-state index contributed by atoms with van der Waals surface area (Å²) >= 11 is 0. The first-order chi connectivity index (χ1) is 8.76. The fraction of sp³-hybridized carbons (Fsp3) is 0.182. The van der Waals surface area contributed by atoms with E-state index < -0.39 is 15.9 Å². The third kappa shape index (κ3) is 3.04. The monoisotopic (exact) mass is 282 g/mol. The van der Waals surface area contributed by atoms with Crippen molar-refractivity contribution in [3.05, 3.63) is 39.7 Å². The van der Waals surface area contributed by atoms with Gasteiger partial charge in [-0.1, -0.05) is 0 Å². The number of hydrogen-bond acceptors (Lipinski definition) is 5. The van der Waals surface area contributed by atoms with Gasteiger partial charge in [0.05, 0.1) is 5.69 Å². The summed E-state index contributed by atoms with van der Waals surface area (Å²) < 4.78 is 37.4. The normalized spacial score (nSPS) is 12.4. The maximum atomic E-state index is 11.2. The van der Waals surface area contributed by atoms with Gasteiger partial charge in [0.1, 0.15) is 5.58 Å². The molecule has 1 N–H and O–H groups in total. The van der Waals surface area contributed by atoms with Crippen LogP contribution in [-0.2, 0) is 10.3 Å². The first kappa shape index (κ1) is 13.4. The van der Waals surface area contributed by atoms with Gasteiger partial charge in [0, 0.05) is 11.5 Å². The molecule has 1 aromatic heterocycles. The highest BCUT2D eigenvalue weighted by Gasteiger charge is 2.07. The zero-order valence-corrected chi connectivity index (χ0v) is 10.9. The smallest absolute Gasteiger partial charge is 0.396 e. The molecule has 2 aromatic rings. The number of benzene rings is 1.